The summed E-state index contributed by atoms with van der Waals surface area (Å²) in [6.45, 7) is 9.29. The van der Waals surface area contributed by atoms with E-state index in [9.17, 15) is 10.1 Å². The van der Waals surface area contributed by atoms with Crippen molar-refractivity contribution in [3.05, 3.63) is 34.9 Å². The average molecular weight is 322 g/mol. The average Bonchev–Trinajstić information content (AvgIpc) is 2.46. The van der Waals surface area contributed by atoms with Gasteiger partial charge in [0.05, 0.1) is 12.1 Å². The predicted octanol–water partition coefficient (Wildman–Crippen LogP) is 3.43. The molecule has 0 aliphatic carbocycles. The van der Waals surface area contributed by atoms with E-state index < -0.39 is 11.6 Å². The van der Waals surface area contributed by atoms with Crippen LogP contribution in [0.15, 0.2) is 24.3 Å². The summed E-state index contributed by atoms with van der Waals surface area (Å²) in [4.78, 5) is 12.3. The summed E-state index contributed by atoms with van der Waals surface area (Å²) in [6, 6.07) is 9.21. The quantitative estimate of drug-likeness (QED) is 0.843. The van der Waals surface area contributed by atoms with E-state index in [2.05, 4.69) is 16.7 Å². The van der Waals surface area contributed by atoms with Crippen LogP contribution in [0.25, 0.3) is 0 Å². The maximum atomic E-state index is 12.3. The molecule has 3 unspecified atom stereocenters. The SMILES string of the molecule is CC(NC(C)c1ccccc1Cl)C(=O)NC(C)(C#N)C(C)C. The minimum absolute atomic E-state index is 0.0228. The van der Waals surface area contributed by atoms with Gasteiger partial charge in [0.15, 0.2) is 0 Å². The van der Waals surface area contributed by atoms with Crippen molar-refractivity contribution in [3.63, 3.8) is 0 Å². The Kier molecular flexibility index (Phi) is 6.40. The van der Waals surface area contributed by atoms with Crippen molar-refractivity contribution in [1.29, 1.82) is 5.26 Å². The van der Waals surface area contributed by atoms with Crippen LogP contribution in [0.5, 0.6) is 0 Å². The standard InChI is InChI=1S/C17H24ClN3O/c1-11(2)17(5,10-19)21-16(22)13(4)20-12(3)14-8-6-7-9-15(14)18/h6-9,11-13,20H,1-5H3,(H,21,22). The number of hydrogen-bond acceptors (Lipinski definition) is 3. The van der Waals surface area contributed by atoms with Gasteiger partial charge < -0.3 is 5.32 Å². The largest absolute Gasteiger partial charge is 0.336 e. The molecule has 0 bridgehead atoms. The van der Waals surface area contributed by atoms with Crippen molar-refractivity contribution < 1.29 is 4.79 Å². The number of nitrogens with one attached hydrogen (secondary N) is 2. The molecule has 0 heterocycles. The second-order valence-corrected chi connectivity index (χ2v) is 6.50. The Morgan fingerprint density at radius 3 is 2.36 bits per heavy atom. The molecule has 0 fully saturated rings. The molecular formula is C17H24ClN3O. The molecule has 0 radical (unpaired) electrons. The van der Waals surface area contributed by atoms with Crippen LogP contribution in [-0.2, 0) is 4.79 Å². The van der Waals surface area contributed by atoms with Crippen LogP contribution in [0.2, 0.25) is 5.02 Å². The molecule has 0 aliphatic heterocycles. The summed E-state index contributed by atoms with van der Waals surface area (Å²) in [5, 5.41) is 16.0. The first-order chi connectivity index (χ1) is 10.2. The zero-order valence-electron chi connectivity index (χ0n) is 13.8. The molecule has 0 spiro atoms. The van der Waals surface area contributed by atoms with Gasteiger partial charge in [-0.2, -0.15) is 5.26 Å². The first kappa shape index (κ1) is 18.5. The number of carbonyl (C=O) groups excluding carboxylic acids is 1. The van der Waals surface area contributed by atoms with Gasteiger partial charge in [-0.15, -0.1) is 0 Å². The maximum absolute atomic E-state index is 12.3. The molecule has 0 saturated heterocycles. The Labute approximate surface area is 137 Å². The molecule has 1 rings (SSSR count). The van der Waals surface area contributed by atoms with Gasteiger partial charge in [0.1, 0.15) is 5.54 Å². The van der Waals surface area contributed by atoms with Gasteiger partial charge in [0.2, 0.25) is 5.91 Å². The Hall–Kier alpha value is -1.57. The number of rotatable bonds is 6. The van der Waals surface area contributed by atoms with Crippen LogP contribution >= 0.6 is 11.6 Å². The highest BCUT2D eigenvalue weighted by Crippen LogP contribution is 2.22. The monoisotopic (exact) mass is 321 g/mol. The summed E-state index contributed by atoms with van der Waals surface area (Å²) in [5.74, 6) is -0.175. The van der Waals surface area contributed by atoms with Crippen LogP contribution in [0.4, 0.5) is 0 Å². The van der Waals surface area contributed by atoms with Crippen LogP contribution in [0.1, 0.15) is 46.2 Å². The third-order valence-corrected chi connectivity index (χ3v) is 4.38. The normalized spacial score (nSPS) is 16.5. The Morgan fingerprint density at radius 2 is 1.86 bits per heavy atom. The zero-order valence-corrected chi connectivity index (χ0v) is 14.5. The van der Waals surface area contributed by atoms with Gasteiger partial charge in [-0.25, -0.2) is 0 Å². The lowest BCUT2D eigenvalue weighted by Gasteiger charge is -2.30. The van der Waals surface area contributed by atoms with Crippen molar-refractivity contribution in [1.82, 2.24) is 10.6 Å². The highest BCUT2D eigenvalue weighted by molar-refractivity contribution is 6.31. The Bertz CT molecular complexity index is 567. The Balaban J connectivity index is 2.73. The molecule has 4 nitrogen and oxygen atoms in total. The van der Waals surface area contributed by atoms with Crippen LogP contribution < -0.4 is 10.6 Å². The number of nitriles is 1. The molecule has 1 aromatic rings. The van der Waals surface area contributed by atoms with Crippen molar-refractivity contribution >= 4 is 17.5 Å². The van der Waals surface area contributed by atoms with E-state index in [1.54, 1.807) is 13.8 Å². The molecule has 3 atom stereocenters. The number of benzene rings is 1. The lowest BCUT2D eigenvalue weighted by atomic mass is 9.90. The summed E-state index contributed by atoms with van der Waals surface area (Å²) < 4.78 is 0. The molecule has 5 heteroatoms. The number of carbonyl (C=O) groups is 1. The van der Waals surface area contributed by atoms with Crippen molar-refractivity contribution in [2.45, 2.75) is 52.2 Å². The van der Waals surface area contributed by atoms with Gasteiger partial charge in [0, 0.05) is 11.1 Å². The highest BCUT2D eigenvalue weighted by Gasteiger charge is 2.31. The second-order valence-electron chi connectivity index (χ2n) is 6.09. The molecule has 22 heavy (non-hydrogen) atoms. The Morgan fingerprint density at radius 1 is 1.27 bits per heavy atom. The topological polar surface area (TPSA) is 64.9 Å². The van der Waals surface area contributed by atoms with Gasteiger partial charge >= 0.3 is 0 Å². The minimum Gasteiger partial charge on any atom is -0.336 e. The predicted molar refractivity (Wildman–Crippen MR) is 89.5 cm³/mol. The summed E-state index contributed by atoms with van der Waals surface area (Å²) in [6.07, 6.45) is 0. The van der Waals surface area contributed by atoms with Crippen LogP contribution in [-0.4, -0.2) is 17.5 Å². The summed E-state index contributed by atoms with van der Waals surface area (Å²) in [7, 11) is 0. The third kappa shape index (κ3) is 4.46. The molecule has 1 amide bonds. The number of nitrogens with zero attached hydrogens (tertiary/aromatic N) is 1. The van der Waals surface area contributed by atoms with E-state index in [1.165, 1.54) is 0 Å². The maximum Gasteiger partial charge on any atom is 0.238 e. The van der Waals surface area contributed by atoms with E-state index >= 15 is 0 Å². The van der Waals surface area contributed by atoms with Crippen LogP contribution in [0, 0.1) is 17.2 Å². The lowest BCUT2D eigenvalue weighted by Crippen LogP contribution is -2.54. The fourth-order valence-electron chi connectivity index (χ4n) is 2.03. The molecule has 1 aromatic carbocycles. The molecule has 0 saturated carbocycles. The molecule has 0 aliphatic rings. The van der Waals surface area contributed by atoms with E-state index in [1.807, 2.05) is 45.0 Å². The summed E-state index contributed by atoms with van der Waals surface area (Å²) >= 11 is 6.17. The van der Waals surface area contributed by atoms with Gasteiger partial charge in [-0.3, -0.25) is 10.1 Å². The third-order valence-electron chi connectivity index (χ3n) is 4.03. The van der Waals surface area contributed by atoms with Gasteiger partial charge in [-0.05, 0) is 38.3 Å². The summed E-state index contributed by atoms with van der Waals surface area (Å²) in [5.41, 5.74) is 0.0661. The van der Waals surface area contributed by atoms with Crippen molar-refractivity contribution in [2.24, 2.45) is 5.92 Å². The van der Waals surface area contributed by atoms with Crippen LogP contribution in [0.3, 0.4) is 0 Å². The molecule has 0 aromatic heterocycles. The second kappa shape index (κ2) is 7.62. The first-order valence-electron chi connectivity index (χ1n) is 7.45. The minimum atomic E-state index is -0.874. The van der Waals surface area contributed by atoms with Crippen molar-refractivity contribution in [3.8, 4) is 6.07 Å². The lowest BCUT2D eigenvalue weighted by molar-refractivity contribution is -0.124. The zero-order chi connectivity index (χ0) is 16.9. The highest BCUT2D eigenvalue weighted by atomic mass is 35.5. The fraction of sp³-hybridized carbons (Fsp3) is 0.529. The molecular weight excluding hydrogens is 298 g/mol. The van der Waals surface area contributed by atoms with Gasteiger partial charge in [-0.1, -0.05) is 43.6 Å². The molecule has 2 N–H and O–H groups in total. The number of amides is 1. The first-order valence-corrected chi connectivity index (χ1v) is 7.82. The fourth-order valence-corrected chi connectivity index (χ4v) is 2.33. The number of halogens is 1. The molecule has 120 valence electrons. The van der Waals surface area contributed by atoms with Gasteiger partial charge in [0.25, 0.3) is 0 Å². The number of hydrogen-bond donors (Lipinski definition) is 2. The van der Waals surface area contributed by atoms with E-state index in [-0.39, 0.29) is 17.9 Å². The van der Waals surface area contributed by atoms with E-state index in [0.29, 0.717) is 5.02 Å². The van der Waals surface area contributed by atoms with E-state index in [4.69, 9.17) is 11.6 Å². The smallest absolute Gasteiger partial charge is 0.238 e. The van der Waals surface area contributed by atoms with E-state index in [0.717, 1.165) is 5.56 Å². The van der Waals surface area contributed by atoms with Crippen molar-refractivity contribution in [2.75, 3.05) is 0 Å².